The fraction of sp³-hybridized carbons (Fsp3) is 0.579. The Balaban J connectivity index is -0.0000000902. The molecule has 0 saturated heterocycles. The maximum atomic E-state index is 2.19. The quantitative estimate of drug-likeness (QED) is 0.288. The summed E-state index contributed by atoms with van der Waals surface area (Å²) in [4.78, 5) is 0. The van der Waals surface area contributed by atoms with Crippen molar-refractivity contribution in [3.05, 3.63) is 97.2 Å². The third-order valence-corrected chi connectivity index (χ3v) is 3.40. The molecule has 0 atom stereocenters. The molecule has 0 heterocycles. The molecule has 0 unspecified atom stereocenters. The fourth-order valence-corrected chi connectivity index (χ4v) is 2.35. The molecule has 0 aliphatic heterocycles. The summed E-state index contributed by atoms with van der Waals surface area (Å²) in [7, 11) is 0. The topological polar surface area (TPSA) is 0 Å². The van der Waals surface area contributed by atoms with Crippen molar-refractivity contribution in [1.29, 1.82) is 0 Å². The summed E-state index contributed by atoms with van der Waals surface area (Å²) in [6.07, 6.45) is 33.8. The second-order valence-corrected chi connectivity index (χ2v) is 10.6. The summed E-state index contributed by atoms with van der Waals surface area (Å²) >= 11 is 0. The predicted molar refractivity (Wildman–Crippen MR) is 187 cm³/mol. The van der Waals surface area contributed by atoms with Crippen LogP contribution in [-0.4, -0.2) is 0 Å². The van der Waals surface area contributed by atoms with Crippen LogP contribution in [-0.2, 0) is 0 Å². The molecular formula is C38H72. The van der Waals surface area contributed by atoms with Crippen LogP contribution in [0.25, 0.3) is 0 Å². The second-order valence-electron chi connectivity index (χ2n) is 10.6. The van der Waals surface area contributed by atoms with E-state index in [1.54, 1.807) is 0 Å². The molecule has 0 bridgehead atoms. The Morgan fingerprint density at radius 2 is 0.579 bits per heavy atom. The highest BCUT2D eigenvalue weighted by atomic mass is 14.2. The van der Waals surface area contributed by atoms with Crippen molar-refractivity contribution in [3.8, 4) is 0 Å². The molecule has 0 aromatic rings. The lowest BCUT2D eigenvalue weighted by Crippen LogP contribution is -2.06. The van der Waals surface area contributed by atoms with Gasteiger partial charge in [-0.05, 0) is 73.6 Å². The highest BCUT2D eigenvalue weighted by Gasteiger charge is 2.13. The predicted octanol–water partition coefficient (Wildman–Crippen LogP) is 13.9. The Kier molecular flexibility index (Phi) is 50.8. The molecule has 0 aliphatic rings. The molecule has 0 fully saturated rings. The zero-order valence-electron chi connectivity index (χ0n) is 29.4. The molecule has 0 nitrogen and oxygen atoms in total. The van der Waals surface area contributed by atoms with Gasteiger partial charge in [0.1, 0.15) is 0 Å². The summed E-state index contributed by atoms with van der Waals surface area (Å²) < 4.78 is 0. The van der Waals surface area contributed by atoms with E-state index in [9.17, 15) is 0 Å². The Morgan fingerprint density at radius 3 is 0.684 bits per heavy atom. The van der Waals surface area contributed by atoms with Gasteiger partial charge in [-0.25, -0.2) is 0 Å². The zero-order valence-corrected chi connectivity index (χ0v) is 29.4. The lowest BCUT2D eigenvalue weighted by Gasteiger charge is -2.18. The summed E-state index contributed by atoms with van der Waals surface area (Å²) in [5.41, 5.74) is 0.479. The Hall–Kier alpha value is -2.08. The van der Waals surface area contributed by atoms with E-state index in [2.05, 4.69) is 134 Å². The van der Waals surface area contributed by atoms with Gasteiger partial charge in [0.25, 0.3) is 0 Å². The van der Waals surface area contributed by atoms with Crippen LogP contribution in [0.2, 0.25) is 0 Å². The molecule has 0 aromatic heterocycles. The van der Waals surface area contributed by atoms with E-state index in [1.807, 2.05) is 88.3 Å². The molecule has 0 heteroatoms. The largest absolute Gasteiger partial charge is 0.0919 e. The van der Waals surface area contributed by atoms with Gasteiger partial charge in [-0.1, -0.05) is 160 Å². The van der Waals surface area contributed by atoms with E-state index in [4.69, 9.17) is 0 Å². The lowest BCUT2D eigenvalue weighted by atomic mass is 9.86. The van der Waals surface area contributed by atoms with E-state index < -0.39 is 0 Å². The van der Waals surface area contributed by atoms with Crippen LogP contribution in [0.3, 0.4) is 0 Å². The fourth-order valence-electron chi connectivity index (χ4n) is 2.35. The second kappa shape index (κ2) is 39.4. The van der Waals surface area contributed by atoms with Gasteiger partial charge in [-0.2, -0.15) is 0 Å². The van der Waals surface area contributed by atoms with Crippen LogP contribution < -0.4 is 0 Å². The first-order valence-electron chi connectivity index (χ1n) is 14.7. The minimum atomic E-state index is -0.0208. The average molecular weight is 529 g/mol. The minimum Gasteiger partial charge on any atom is -0.0919 e. The smallest absolute Gasteiger partial charge is 0.0423 e. The normalized spacial score (nSPS) is 12.1. The lowest BCUT2D eigenvalue weighted by molar-refractivity contribution is 0.469. The molecule has 38 heavy (non-hydrogen) atoms. The summed E-state index contributed by atoms with van der Waals surface area (Å²) in [6.45, 7) is 37.6. The third-order valence-electron chi connectivity index (χ3n) is 3.40. The van der Waals surface area contributed by atoms with Crippen LogP contribution in [0.5, 0.6) is 0 Å². The van der Waals surface area contributed by atoms with E-state index in [-0.39, 0.29) is 5.41 Å². The van der Waals surface area contributed by atoms with Crippen molar-refractivity contribution in [3.63, 3.8) is 0 Å². The van der Waals surface area contributed by atoms with Gasteiger partial charge < -0.3 is 0 Å². The summed E-state index contributed by atoms with van der Waals surface area (Å²) in [6, 6.07) is 0. The molecule has 0 N–H and O–H groups in total. The highest BCUT2D eigenvalue weighted by Crippen LogP contribution is 2.25. The van der Waals surface area contributed by atoms with Gasteiger partial charge in [-0.15, -0.1) is 0 Å². The molecule has 224 valence electrons. The van der Waals surface area contributed by atoms with Crippen LogP contribution in [0, 0.1) is 22.7 Å². The average Bonchev–Trinajstić information content (AvgIpc) is 2.81. The van der Waals surface area contributed by atoms with Gasteiger partial charge in [0, 0.05) is 11.3 Å². The van der Waals surface area contributed by atoms with Crippen LogP contribution in [0.4, 0.5) is 0 Å². The summed E-state index contributed by atoms with van der Waals surface area (Å²) in [5, 5.41) is 0. The number of allylic oxidation sites excluding steroid dienone is 16. The molecule has 0 radical (unpaired) electrons. The van der Waals surface area contributed by atoms with E-state index in [0.717, 1.165) is 5.92 Å². The monoisotopic (exact) mass is 529 g/mol. The Morgan fingerprint density at radius 1 is 0.395 bits per heavy atom. The van der Waals surface area contributed by atoms with Crippen molar-refractivity contribution in [2.24, 2.45) is 22.7 Å². The summed E-state index contributed by atoms with van der Waals surface area (Å²) in [5.74, 6) is 1.32. The van der Waals surface area contributed by atoms with Crippen molar-refractivity contribution in [2.75, 3.05) is 0 Å². The van der Waals surface area contributed by atoms with Crippen LogP contribution in [0.1, 0.15) is 125 Å². The first kappa shape index (κ1) is 48.9. The SMILES string of the molecule is C/C=C\C.C/C=C\C(/C=C\C)(/C=C\C)/C=C\C.C/C=C\C(/C=C\C)/C=C\C.CC.CC(C)(C)C.CC(C)C. The zero-order chi connectivity index (χ0) is 31.5. The maximum absolute atomic E-state index is 2.19. The van der Waals surface area contributed by atoms with E-state index in [1.165, 1.54) is 0 Å². The molecule has 0 aromatic carbocycles. The number of rotatable bonds is 7. The van der Waals surface area contributed by atoms with Crippen molar-refractivity contribution < 1.29 is 0 Å². The van der Waals surface area contributed by atoms with Gasteiger partial charge >= 0.3 is 0 Å². The minimum absolute atomic E-state index is 0.0208. The molecule has 0 saturated carbocycles. The number of hydrogen-bond acceptors (Lipinski definition) is 0. The van der Waals surface area contributed by atoms with Gasteiger partial charge in [-0.3, -0.25) is 0 Å². The Labute approximate surface area is 244 Å². The first-order chi connectivity index (χ1) is 17.7. The van der Waals surface area contributed by atoms with Crippen LogP contribution >= 0.6 is 0 Å². The molecule has 0 rings (SSSR count). The van der Waals surface area contributed by atoms with E-state index in [0.29, 0.717) is 11.3 Å². The van der Waals surface area contributed by atoms with Gasteiger partial charge in [0.05, 0.1) is 0 Å². The first-order valence-corrected chi connectivity index (χ1v) is 14.7. The number of hydrogen-bond donors (Lipinski definition) is 0. The van der Waals surface area contributed by atoms with Crippen molar-refractivity contribution in [1.82, 2.24) is 0 Å². The van der Waals surface area contributed by atoms with Crippen LogP contribution in [0.15, 0.2) is 97.2 Å². The molecule has 0 aliphatic carbocycles. The Bertz CT molecular complexity index is 539. The van der Waals surface area contributed by atoms with E-state index >= 15 is 0 Å². The molecular weight excluding hydrogens is 456 g/mol. The van der Waals surface area contributed by atoms with Crippen molar-refractivity contribution >= 4 is 0 Å². The third kappa shape index (κ3) is 64.2. The van der Waals surface area contributed by atoms with Gasteiger partial charge in [0.2, 0.25) is 0 Å². The van der Waals surface area contributed by atoms with Crippen molar-refractivity contribution in [2.45, 2.75) is 125 Å². The maximum Gasteiger partial charge on any atom is 0.0423 e. The molecule has 0 spiro atoms. The highest BCUT2D eigenvalue weighted by molar-refractivity contribution is 5.28. The van der Waals surface area contributed by atoms with Gasteiger partial charge in [0.15, 0.2) is 0 Å². The molecule has 0 amide bonds. The standard InChI is InChI=1S/C13H20.C10H16.C5H12.C4H10.C4H8.C2H6/c1-5-9-13(10-6-2,11-7-3)12-8-4;1-4-7-10(8-5-2)9-6-3;1-5(2,3)4;1-4(2)3;1-3-4-2;1-2/h5-12H,1-4H3;4-10H,1-3H3;1-4H3;4H,1-3H3;3-4H,1-2H3;1-2H3/b9-5-,10-6-,11-7-,12-8-;7-4-,8-5-,9-6-;;;4-3-;.